The Hall–Kier alpha value is -0.0800. The predicted molar refractivity (Wildman–Crippen MR) is 60.1 cm³/mol. The van der Waals surface area contributed by atoms with Crippen LogP contribution in [0.4, 0.5) is 0 Å². The normalized spacial score (nSPS) is 33.2. The van der Waals surface area contributed by atoms with Crippen molar-refractivity contribution >= 4 is 0 Å². The molecule has 80 valence electrons. The van der Waals surface area contributed by atoms with Gasteiger partial charge >= 0.3 is 0 Å². The number of rotatable bonds is 0. The molecule has 0 radical (unpaired) electrons. The fourth-order valence-corrected chi connectivity index (χ4v) is 2.15. The van der Waals surface area contributed by atoms with Crippen LogP contribution >= 0.6 is 0 Å². The van der Waals surface area contributed by atoms with E-state index in [-0.39, 0.29) is 7.43 Å². The van der Waals surface area contributed by atoms with Crippen molar-refractivity contribution in [2.75, 3.05) is 27.2 Å². The smallest absolute Gasteiger partial charge is 0.0237 e. The molecule has 0 N–H and O–H groups in total. The third-order valence-electron chi connectivity index (χ3n) is 3.06. The Kier molecular flexibility index (Phi) is 5.57. The first-order chi connectivity index (χ1) is 5.77. The molecule has 0 saturated carbocycles. The van der Waals surface area contributed by atoms with Crippen LogP contribution in [0.1, 0.15) is 34.1 Å². The van der Waals surface area contributed by atoms with Crippen LogP contribution in [-0.2, 0) is 0 Å². The van der Waals surface area contributed by atoms with Crippen molar-refractivity contribution in [1.82, 2.24) is 9.80 Å². The summed E-state index contributed by atoms with van der Waals surface area (Å²) in [4.78, 5) is 4.98. The zero-order chi connectivity index (χ0) is 9.14. The molecule has 3 rings (SSSR count). The van der Waals surface area contributed by atoms with Crippen molar-refractivity contribution in [1.29, 1.82) is 0 Å². The molecule has 2 atom stereocenters. The number of fused-ring (bicyclic) bond motifs is 3. The SMILES string of the molecule is C.CC.CN1CCC2CC(C1)N2C. The van der Waals surface area contributed by atoms with Crippen molar-refractivity contribution in [2.45, 2.75) is 46.2 Å². The minimum Gasteiger partial charge on any atom is -0.305 e. The minimum absolute atomic E-state index is 0. The molecule has 2 heteroatoms. The number of hydrogen-bond donors (Lipinski definition) is 0. The maximum absolute atomic E-state index is 2.53. The summed E-state index contributed by atoms with van der Waals surface area (Å²) in [5.41, 5.74) is 0. The topological polar surface area (TPSA) is 6.48 Å². The van der Waals surface area contributed by atoms with E-state index in [1.807, 2.05) is 13.8 Å². The van der Waals surface area contributed by atoms with Gasteiger partial charge in [0.2, 0.25) is 0 Å². The fraction of sp³-hybridized carbons (Fsp3) is 1.00. The first-order valence-corrected chi connectivity index (χ1v) is 5.18. The summed E-state index contributed by atoms with van der Waals surface area (Å²) < 4.78 is 0. The molecule has 0 aliphatic carbocycles. The highest BCUT2D eigenvalue weighted by Crippen LogP contribution is 2.29. The molecule has 0 spiro atoms. The fourth-order valence-electron chi connectivity index (χ4n) is 2.15. The van der Waals surface area contributed by atoms with Gasteiger partial charge in [-0.1, -0.05) is 21.3 Å². The van der Waals surface area contributed by atoms with Crippen LogP contribution < -0.4 is 0 Å². The predicted octanol–water partition coefficient (Wildman–Crippen LogP) is 2.06. The molecule has 2 unspecified atom stereocenters. The largest absolute Gasteiger partial charge is 0.305 e. The van der Waals surface area contributed by atoms with Gasteiger partial charge < -0.3 is 4.90 Å². The van der Waals surface area contributed by atoms with Gasteiger partial charge in [0, 0.05) is 18.6 Å². The van der Waals surface area contributed by atoms with Crippen molar-refractivity contribution in [3.8, 4) is 0 Å². The Morgan fingerprint density at radius 1 is 1.08 bits per heavy atom. The summed E-state index contributed by atoms with van der Waals surface area (Å²) in [6.45, 7) is 6.58. The molecule has 13 heavy (non-hydrogen) atoms. The van der Waals surface area contributed by atoms with Crippen LogP contribution in [0.2, 0.25) is 0 Å². The highest BCUT2D eigenvalue weighted by atomic mass is 15.3. The molecule has 0 aromatic rings. The van der Waals surface area contributed by atoms with Gasteiger partial charge in [-0.3, -0.25) is 4.90 Å². The van der Waals surface area contributed by atoms with Crippen molar-refractivity contribution in [2.24, 2.45) is 0 Å². The second-order valence-electron chi connectivity index (χ2n) is 3.76. The molecule has 3 heterocycles. The average molecular weight is 186 g/mol. The van der Waals surface area contributed by atoms with Crippen LogP contribution in [0.3, 0.4) is 0 Å². The van der Waals surface area contributed by atoms with Crippen molar-refractivity contribution < 1.29 is 0 Å². The minimum atomic E-state index is 0. The summed E-state index contributed by atoms with van der Waals surface area (Å²) in [7, 11) is 4.49. The molecule has 3 aliphatic heterocycles. The molecule has 3 aliphatic rings. The highest BCUT2D eigenvalue weighted by molar-refractivity contribution is 4.94. The van der Waals surface area contributed by atoms with Gasteiger partial charge in [0.25, 0.3) is 0 Å². The molecule has 3 saturated heterocycles. The van der Waals surface area contributed by atoms with E-state index in [1.165, 1.54) is 25.9 Å². The third kappa shape index (κ3) is 2.68. The van der Waals surface area contributed by atoms with E-state index >= 15 is 0 Å². The van der Waals surface area contributed by atoms with Crippen LogP contribution in [-0.4, -0.2) is 49.1 Å². The Balaban J connectivity index is 0.000000451. The lowest BCUT2D eigenvalue weighted by molar-refractivity contribution is 0.0516. The monoisotopic (exact) mass is 186 g/mol. The lowest BCUT2D eigenvalue weighted by atomic mass is 9.93. The third-order valence-corrected chi connectivity index (χ3v) is 3.06. The van der Waals surface area contributed by atoms with Gasteiger partial charge in [0.1, 0.15) is 0 Å². The van der Waals surface area contributed by atoms with E-state index in [9.17, 15) is 0 Å². The zero-order valence-corrected chi connectivity index (χ0v) is 8.88. The van der Waals surface area contributed by atoms with E-state index < -0.39 is 0 Å². The van der Waals surface area contributed by atoms with Crippen molar-refractivity contribution in [3.63, 3.8) is 0 Å². The standard InChI is InChI=1S/C8H16N2.C2H6.CH4/c1-9-4-3-7-5-8(6-9)10(7)2;1-2;/h7-8H,3-6H2,1-2H3;1-2H3;1H4. The average Bonchev–Trinajstić information content (AvgIpc) is 2.37. The Labute approximate surface area is 83.9 Å². The van der Waals surface area contributed by atoms with E-state index in [0.29, 0.717) is 0 Å². The summed E-state index contributed by atoms with van der Waals surface area (Å²) in [5, 5.41) is 0. The number of nitrogens with zero attached hydrogens (tertiary/aromatic N) is 2. The van der Waals surface area contributed by atoms with Gasteiger partial charge in [0.05, 0.1) is 0 Å². The van der Waals surface area contributed by atoms with Crippen molar-refractivity contribution in [3.05, 3.63) is 0 Å². The summed E-state index contributed by atoms with van der Waals surface area (Å²) >= 11 is 0. The molecule has 0 aromatic heterocycles. The maximum atomic E-state index is 2.53. The quantitative estimate of drug-likeness (QED) is 0.571. The van der Waals surface area contributed by atoms with E-state index in [2.05, 4.69) is 23.9 Å². The van der Waals surface area contributed by atoms with Crippen LogP contribution in [0.5, 0.6) is 0 Å². The van der Waals surface area contributed by atoms with Crippen LogP contribution in [0, 0.1) is 0 Å². The molecule has 0 amide bonds. The summed E-state index contributed by atoms with van der Waals surface area (Å²) in [5.74, 6) is 0. The highest BCUT2D eigenvalue weighted by Gasteiger charge is 2.37. The summed E-state index contributed by atoms with van der Waals surface area (Å²) in [6.07, 6.45) is 2.82. The Bertz CT molecular complexity index is 136. The lowest BCUT2D eigenvalue weighted by Gasteiger charge is -2.44. The molecule has 3 fully saturated rings. The second kappa shape index (κ2) is 5.61. The van der Waals surface area contributed by atoms with Crippen LogP contribution in [0.25, 0.3) is 0 Å². The molecule has 0 aromatic carbocycles. The van der Waals surface area contributed by atoms with E-state index in [4.69, 9.17) is 0 Å². The van der Waals surface area contributed by atoms with Gasteiger partial charge in [-0.05, 0) is 33.5 Å². The Morgan fingerprint density at radius 2 is 1.69 bits per heavy atom. The number of likely N-dealkylation sites (N-methyl/N-ethyl adjacent to an activating group) is 2. The van der Waals surface area contributed by atoms with Crippen LogP contribution in [0.15, 0.2) is 0 Å². The maximum Gasteiger partial charge on any atom is 0.0237 e. The summed E-state index contributed by atoms with van der Waals surface area (Å²) in [6, 6.07) is 1.78. The van der Waals surface area contributed by atoms with Gasteiger partial charge in [-0.15, -0.1) is 0 Å². The van der Waals surface area contributed by atoms with E-state index in [0.717, 1.165) is 12.1 Å². The molecular formula is C11H26N2. The first-order valence-electron chi connectivity index (χ1n) is 5.18. The first kappa shape index (κ1) is 12.9. The van der Waals surface area contributed by atoms with Gasteiger partial charge in [-0.2, -0.15) is 0 Å². The Morgan fingerprint density at radius 3 is 2.23 bits per heavy atom. The number of hydrogen-bond acceptors (Lipinski definition) is 2. The van der Waals surface area contributed by atoms with E-state index in [1.54, 1.807) is 0 Å². The van der Waals surface area contributed by atoms with Gasteiger partial charge in [0.15, 0.2) is 0 Å². The zero-order valence-electron chi connectivity index (χ0n) is 8.88. The van der Waals surface area contributed by atoms with Gasteiger partial charge in [-0.25, -0.2) is 0 Å². The molecule has 2 nitrogen and oxygen atoms in total. The molecular weight excluding hydrogens is 160 g/mol. The molecule has 2 bridgehead atoms. The lowest BCUT2D eigenvalue weighted by Crippen LogP contribution is -2.54. The second-order valence-corrected chi connectivity index (χ2v) is 3.76.